The second-order valence-electron chi connectivity index (χ2n) is 5.97. The van der Waals surface area contributed by atoms with Crippen LogP contribution in [0.3, 0.4) is 0 Å². The van der Waals surface area contributed by atoms with E-state index in [1.165, 1.54) is 4.90 Å². The van der Waals surface area contributed by atoms with E-state index in [9.17, 15) is 9.59 Å². The van der Waals surface area contributed by atoms with Crippen molar-refractivity contribution in [2.24, 2.45) is 0 Å². The van der Waals surface area contributed by atoms with Crippen LogP contribution in [-0.2, 0) is 6.42 Å². The molecule has 4 rings (SSSR count). The Labute approximate surface area is 139 Å². The maximum atomic E-state index is 12.3. The maximum absolute atomic E-state index is 12.3. The monoisotopic (exact) mass is 319 g/mol. The van der Waals surface area contributed by atoms with Crippen LogP contribution in [0.5, 0.6) is 0 Å². The first-order valence-electron chi connectivity index (χ1n) is 8.13. The van der Waals surface area contributed by atoms with Crippen LogP contribution in [-0.4, -0.2) is 33.2 Å². The van der Waals surface area contributed by atoms with Crippen LogP contribution in [0.4, 0.5) is 0 Å². The third kappa shape index (κ3) is 2.48. The van der Waals surface area contributed by atoms with Crippen LogP contribution in [0, 0.1) is 0 Å². The first kappa shape index (κ1) is 14.6. The van der Waals surface area contributed by atoms with E-state index in [1.807, 2.05) is 24.3 Å². The highest BCUT2D eigenvalue weighted by molar-refractivity contribution is 6.21. The average Bonchev–Trinajstić information content (AvgIpc) is 3.13. The predicted molar refractivity (Wildman–Crippen MR) is 90.8 cm³/mol. The Morgan fingerprint density at radius 2 is 1.54 bits per heavy atom. The van der Waals surface area contributed by atoms with Gasteiger partial charge in [-0.05, 0) is 37.1 Å². The van der Waals surface area contributed by atoms with Crippen LogP contribution >= 0.6 is 0 Å². The average molecular weight is 319 g/mol. The number of hydrogen-bond donors (Lipinski definition) is 1. The molecule has 2 amide bonds. The van der Waals surface area contributed by atoms with Gasteiger partial charge in [-0.1, -0.05) is 24.3 Å². The van der Waals surface area contributed by atoms with Gasteiger partial charge in [0, 0.05) is 13.0 Å². The number of amides is 2. The van der Waals surface area contributed by atoms with Gasteiger partial charge in [0.05, 0.1) is 22.2 Å². The number of rotatable bonds is 5. The van der Waals surface area contributed by atoms with Crippen molar-refractivity contribution in [2.45, 2.75) is 19.3 Å². The summed E-state index contributed by atoms with van der Waals surface area (Å²) in [7, 11) is 0. The Bertz CT molecular complexity index is 861. The Morgan fingerprint density at radius 3 is 2.25 bits per heavy atom. The number of imidazole rings is 1. The van der Waals surface area contributed by atoms with Crippen molar-refractivity contribution < 1.29 is 9.59 Å². The van der Waals surface area contributed by atoms with E-state index in [-0.39, 0.29) is 11.8 Å². The van der Waals surface area contributed by atoms with Crippen LogP contribution in [0.25, 0.3) is 11.0 Å². The number of para-hydroxylation sites is 2. The lowest BCUT2D eigenvalue weighted by atomic mass is 10.1. The summed E-state index contributed by atoms with van der Waals surface area (Å²) in [6.45, 7) is 0.451. The third-order valence-corrected chi connectivity index (χ3v) is 4.36. The summed E-state index contributed by atoms with van der Waals surface area (Å²) in [5, 5.41) is 0. The number of nitrogens with one attached hydrogen (secondary N) is 1. The molecule has 2 heterocycles. The van der Waals surface area contributed by atoms with Crippen LogP contribution < -0.4 is 0 Å². The molecule has 1 aliphatic heterocycles. The molecule has 3 aromatic rings. The van der Waals surface area contributed by atoms with Crippen molar-refractivity contribution in [3.05, 3.63) is 65.5 Å². The molecule has 5 heteroatoms. The van der Waals surface area contributed by atoms with E-state index >= 15 is 0 Å². The van der Waals surface area contributed by atoms with Gasteiger partial charge in [-0.3, -0.25) is 14.5 Å². The maximum Gasteiger partial charge on any atom is 0.261 e. The molecule has 2 aromatic carbocycles. The number of aromatic amines is 1. The predicted octanol–water partition coefficient (Wildman–Crippen LogP) is 3.18. The Kier molecular flexibility index (Phi) is 3.61. The van der Waals surface area contributed by atoms with Gasteiger partial charge < -0.3 is 4.98 Å². The summed E-state index contributed by atoms with van der Waals surface area (Å²) in [5.74, 6) is 0.581. The van der Waals surface area contributed by atoms with Gasteiger partial charge in [0.1, 0.15) is 5.82 Å². The zero-order valence-electron chi connectivity index (χ0n) is 13.2. The number of nitrogens with zero attached hydrogens (tertiary/aromatic N) is 2. The number of unbranched alkanes of at least 4 members (excludes halogenated alkanes) is 1. The summed E-state index contributed by atoms with van der Waals surface area (Å²) >= 11 is 0. The molecule has 1 aromatic heterocycles. The van der Waals surface area contributed by atoms with E-state index < -0.39 is 0 Å². The summed E-state index contributed by atoms with van der Waals surface area (Å²) in [4.78, 5) is 33.7. The molecule has 0 bridgehead atoms. The SMILES string of the molecule is O=C1c2ccccc2C(=O)N1CCCCc1nc2ccccc2[nH]1. The number of hydrogen-bond acceptors (Lipinski definition) is 3. The highest BCUT2D eigenvalue weighted by atomic mass is 16.2. The van der Waals surface area contributed by atoms with E-state index in [1.54, 1.807) is 24.3 Å². The van der Waals surface area contributed by atoms with E-state index in [4.69, 9.17) is 0 Å². The molecule has 0 aliphatic carbocycles. The lowest BCUT2D eigenvalue weighted by Gasteiger charge is -2.13. The zero-order valence-corrected chi connectivity index (χ0v) is 13.2. The summed E-state index contributed by atoms with van der Waals surface area (Å²) in [5.41, 5.74) is 3.03. The number of fused-ring (bicyclic) bond motifs is 2. The molecule has 0 radical (unpaired) electrons. The molecule has 1 N–H and O–H groups in total. The van der Waals surface area contributed by atoms with E-state index in [2.05, 4.69) is 9.97 Å². The molecule has 24 heavy (non-hydrogen) atoms. The van der Waals surface area contributed by atoms with Gasteiger partial charge >= 0.3 is 0 Å². The standard InChI is InChI=1S/C19H17N3O2/c23-18-13-7-1-2-8-14(13)19(24)22(18)12-6-5-11-17-20-15-9-3-4-10-16(15)21-17/h1-4,7-10H,5-6,11-12H2,(H,20,21). The molecule has 0 fully saturated rings. The number of H-pyrrole nitrogens is 1. The van der Waals surface area contributed by atoms with Crippen molar-refractivity contribution >= 4 is 22.8 Å². The molecule has 120 valence electrons. The summed E-state index contributed by atoms with van der Waals surface area (Å²) < 4.78 is 0. The van der Waals surface area contributed by atoms with Crippen molar-refractivity contribution in [1.82, 2.24) is 14.9 Å². The van der Waals surface area contributed by atoms with Crippen molar-refractivity contribution in [3.8, 4) is 0 Å². The molecule has 0 saturated carbocycles. The van der Waals surface area contributed by atoms with Gasteiger partial charge in [-0.15, -0.1) is 0 Å². The molecule has 0 unspecified atom stereocenters. The fourth-order valence-corrected chi connectivity index (χ4v) is 3.13. The first-order chi connectivity index (χ1) is 11.7. The van der Waals surface area contributed by atoms with E-state index in [0.717, 1.165) is 36.1 Å². The number of imide groups is 1. The molecule has 5 nitrogen and oxygen atoms in total. The van der Waals surface area contributed by atoms with Crippen molar-refractivity contribution in [3.63, 3.8) is 0 Å². The topological polar surface area (TPSA) is 66.1 Å². The minimum atomic E-state index is -0.181. The van der Waals surface area contributed by atoms with Crippen molar-refractivity contribution in [1.29, 1.82) is 0 Å². The second-order valence-corrected chi connectivity index (χ2v) is 5.97. The largest absolute Gasteiger partial charge is 0.342 e. The van der Waals surface area contributed by atoms with Crippen LogP contribution in [0.1, 0.15) is 39.4 Å². The highest BCUT2D eigenvalue weighted by Crippen LogP contribution is 2.22. The normalized spacial score (nSPS) is 13.8. The fourth-order valence-electron chi connectivity index (χ4n) is 3.13. The summed E-state index contributed by atoms with van der Waals surface area (Å²) in [6.07, 6.45) is 2.44. The van der Waals surface area contributed by atoms with E-state index in [0.29, 0.717) is 17.7 Å². The zero-order chi connectivity index (χ0) is 16.5. The summed E-state index contributed by atoms with van der Waals surface area (Å²) in [6, 6.07) is 14.9. The molecular weight excluding hydrogens is 302 g/mol. The highest BCUT2D eigenvalue weighted by Gasteiger charge is 2.34. The fraction of sp³-hybridized carbons (Fsp3) is 0.211. The number of aromatic nitrogens is 2. The minimum absolute atomic E-state index is 0.181. The first-order valence-corrected chi connectivity index (χ1v) is 8.13. The number of carbonyl (C=O) groups excluding carboxylic acids is 2. The number of carbonyl (C=O) groups is 2. The number of aryl methyl sites for hydroxylation is 1. The molecular formula is C19H17N3O2. The third-order valence-electron chi connectivity index (χ3n) is 4.36. The van der Waals surface area contributed by atoms with Gasteiger partial charge in [-0.2, -0.15) is 0 Å². The Morgan fingerprint density at radius 1 is 0.875 bits per heavy atom. The smallest absolute Gasteiger partial charge is 0.261 e. The van der Waals surface area contributed by atoms with Gasteiger partial charge in [-0.25, -0.2) is 4.98 Å². The van der Waals surface area contributed by atoms with Crippen molar-refractivity contribution in [2.75, 3.05) is 6.54 Å². The molecule has 0 atom stereocenters. The Balaban J connectivity index is 1.35. The Hall–Kier alpha value is -2.95. The van der Waals surface area contributed by atoms with Crippen LogP contribution in [0.15, 0.2) is 48.5 Å². The van der Waals surface area contributed by atoms with Gasteiger partial charge in [0.2, 0.25) is 0 Å². The van der Waals surface area contributed by atoms with Crippen LogP contribution in [0.2, 0.25) is 0 Å². The lowest BCUT2D eigenvalue weighted by Crippen LogP contribution is -2.30. The molecule has 1 aliphatic rings. The molecule has 0 saturated heterocycles. The van der Waals surface area contributed by atoms with Gasteiger partial charge in [0.15, 0.2) is 0 Å². The quantitative estimate of drug-likeness (QED) is 0.580. The van der Waals surface area contributed by atoms with Gasteiger partial charge in [0.25, 0.3) is 11.8 Å². The lowest BCUT2D eigenvalue weighted by molar-refractivity contribution is 0.0652. The minimum Gasteiger partial charge on any atom is -0.342 e. The molecule has 0 spiro atoms. The number of benzene rings is 2. The second kappa shape index (κ2) is 5.92.